The van der Waals surface area contributed by atoms with Crippen LogP contribution in [0.25, 0.3) is 0 Å². The van der Waals surface area contributed by atoms with Gasteiger partial charge >= 0.3 is 166 Å². The molecular formula is B3CsF12IK. The summed E-state index contributed by atoms with van der Waals surface area (Å²) >= 11 is 0. The third-order valence-electron chi connectivity index (χ3n) is 0. The summed E-state index contributed by atoms with van der Waals surface area (Å²) in [5.74, 6) is 0. The standard InChI is InChI=1S/3BF4.Cs.I.K/c3*2-1(3,4)5;;;/q3*-1;3*+1. The van der Waals surface area contributed by atoms with E-state index in [1.54, 1.807) is 0 Å². The normalized spacial score (nSPS) is 10.0. The number of hydrogen-bond acceptors (Lipinski definition) is 0. The van der Waals surface area contributed by atoms with Gasteiger partial charge in [0.2, 0.25) is 0 Å². The van der Waals surface area contributed by atoms with E-state index >= 15 is 0 Å². The Morgan fingerprint density at radius 2 is 0.389 bits per heavy atom. The van der Waals surface area contributed by atoms with Crippen molar-refractivity contribution in [2.45, 2.75) is 0 Å². The van der Waals surface area contributed by atoms with Gasteiger partial charge in [0.1, 0.15) is 0 Å². The van der Waals surface area contributed by atoms with Crippen LogP contribution in [0.1, 0.15) is 0 Å². The summed E-state index contributed by atoms with van der Waals surface area (Å²) in [5.41, 5.74) is 0. The van der Waals surface area contributed by atoms with Gasteiger partial charge in [-0.25, -0.2) is 0 Å². The second-order valence-corrected chi connectivity index (χ2v) is 1.48. The van der Waals surface area contributed by atoms with Gasteiger partial charge in [-0.1, -0.05) is 0 Å². The van der Waals surface area contributed by atoms with Crippen LogP contribution >= 0.6 is 0 Å². The molecule has 0 spiro atoms. The number of hydrogen-bond donors (Lipinski definition) is 0. The smallest absolute Gasteiger partial charge is 0.418 e. The quantitative estimate of drug-likeness (QED) is 0.159. The van der Waals surface area contributed by atoms with Crippen molar-refractivity contribution < 1.29 is 196 Å². The summed E-state index contributed by atoms with van der Waals surface area (Å²) < 4.78 is 117. The Balaban J connectivity index is -0.0000000277. The topological polar surface area (TPSA) is 0 Å². The van der Waals surface area contributed by atoms with E-state index in [0.29, 0.717) is 0 Å². The Hall–Kier alpha value is 3.77. The van der Waals surface area contributed by atoms with Crippen molar-refractivity contribution in [1.82, 2.24) is 0 Å². The molecule has 18 heteroatoms. The Labute approximate surface area is 212 Å². The second kappa shape index (κ2) is 17.1. The predicted octanol–water partition coefficient (Wildman–Crippen LogP) is -5.09. The minimum atomic E-state index is -6.00. The van der Waals surface area contributed by atoms with E-state index < -0.39 is 21.8 Å². The first-order chi connectivity index (χ1) is 6.00. The van der Waals surface area contributed by atoms with Gasteiger partial charge in [-0.2, -0.15) is 0 Å². The molecule has 0 aliphatic heterocycles. The van der Waals surface area contributed by atoms with Crippen molar-refractivity contribution in [3.05, 3.63) is 0 Å². The molecule has 0 fully saturated rings. The molecular weight excluding hydrogens is 559 g/mol. The molecule has 0 heterocycles. The maximum absolute atomic E-state index is 9.75. The molecule has 2 radical (unpaired) electrons. The van der Waals surface area contributed by atoms with Crippen molar-refractivity contribution in [3.8, 4) is 0 Å². The van der Waals surface area contributed by atoms with Gasteiger partial charge in [0.05, 0.1) is 0 Å². The van der Waals surface area contributed by atoms with E-state index in [1.807, 2.05) is 0 Å². The van der Waals surface area contributed by atoms with Crippen LogP contribution in [0.5, 0.6) is 0 Å². The molecule has 0 N–H and O–H groups in total. The zero-order valence-corrected chi connectivity index (χ0v) is 20.2. The maximum atomic E-state index is 9.75. The van der Waals surface area contributed by atoms with Crippen LogP contribution < -0.4 is 144 Å². The molecule has 0 aromatic heterocycles. The summed E-state index contributed by atoms with van der Waals surface area (Å²) in [7, 11) is -18.0. The van der Waals surface area contributed by atoms with Crippen LogP contribution in [-0.4, -0.2) is 21.8 Å². The SMILES string of the molecule is F[B-](F)(F)F.F[B-](F)(F)F.F[B-](F)(F)F.[Cs+].[I+].[K+]. The van der Waals surface area contributed by atoms with Gasteiger partial charge in [-0.3, -0.25) is 0 Å². The molecule has 0 aromatic carbocycles. The first-order valence-electron chi connectivity index (χ1n) is 2.62. The first kappa shape index (κ1) is 37.8. The zero-order valence-electron chi connectivity index (χ0n) is 8.65. The molecule has 0 aliphatic rings. The number of rotatable bonds is 0. The summed E-state index contributed by atoms with van der Waals surface area (Å²) in [4.78, 5) is 0. The average molecular weight is 559 g/mol. The second-order valence-electron chi connectivity index (χ2n) is 1.48. The fraction of sp³-hybridized carbons (Fsp3) is 0. The van der Waals surface area contributed by atoms with Gasteiger partial charge in [0.25, 0.3) is 0 Å². The Bertz CT molecular complexity index is 102. The fourth-order valence-electron chi connectivity index (χ4n) is 0. The third kappa shape index (κ3) is 489. The molecule has 0 rings (SSSR count). The zero-order chi connectivity index (χ0) is 13.5. The molecule has 0 unspecified atom stereocenters. The fourth-order valence-corrected chi connectivity index (χ4v) is 0. The Kier molecular flexibility index (Phi) is 35.9. The molecule has 102 valence electrons. The van der Waals surface area contributed by atoms with Gasteiger partial charge in [0.15, 0.2) is 0 Å². The largest absolute Gasteiger partial charge is 1.00 e. The summed E-state index contributed by atoms with van der Waals surface area (Å²) in [5, 5.41) is 0. The van der Waals surface area contributed by atoms with Crippen LogP contribution in [0, 0.1) is 0 Å². The summed E-state index contributed by atoms with van der Waals surface area (Å²) in [6.07, 6.45) is 0. The van der Waals surface area contributed by atoms with Crippen molar-refractivity contribution in [3.63, 3.8) is 0 Å². The van der Waals surface area contributed by atoms with Crippen molar-refractivity contribution in [2.24, 2.45) is 0 Å². The van der Waals surface area contributed by atoms with Crippen molar-refractivity contribution >= 4 is 21.8 Å². The Morgan fingerprint density at radius 3 is 0.389 bits per heavy atom. The van der Waals surface area contributed by atoms with E-state index in [4.69, 9.17) is 0 Å². The predicted molar refractivity (Wildman–Crippen MR) is 30.6 cm³/mol. The van der Waals surface area contributed by atoms with Crippen LogP contribution in [-0.2, 0) is 0 Å². The van der Waals surface area contributed by atoms with Crippen molar-refractivity contribution in [2.75, 3.05) is 0 Å². The van der Waals surface area contributed by atoms with E-state index in [9.17, 15) is 51.8 Å². The molecule has 18 heavy (non-hydrogen) atoms. The minimum Gasteiger partial charge on any atom is -0.418 e. The van der Waals surface area contributed by atoms with Crippen LogP contribution in [0.4, 0.5) is 51.8 Å². The third-order valence-corrected chi connectivity index (χ3v) is 0. The van der Waals surface area contributed by atoms with Gasteiger partial charge in [-0.05, 0) is 0 Å². The molecule has 0 bridgehead atoms. The first-order valence-corrected chi connectivity index (χ1v) is 2.62. The summed E-state index contributed by atoms with van der Waals surface area (Å²) in [6.45, 7) is 0. The van der Waals surface area contributed by atoms with Crippen LogP contribution in [0.15, 0.2) is 0 Å². The summed E-state index contributed by atoms with van der Waals surface area (Å²) in [6, 6.07) is 0. The van der Waals surface area contributed by atoms with E-state index in [1.165, 1.54) is 0 Å². The number of halogens is 13. The van der Waals surface area contributed by atoms with Crippen molar-refractivity contribution in [1.29, 1.82) is 0 Å². The Morgan fingerprint density at radius 1 is 0.389 bits per heavy atom. The van der Waals surface area contributed by atoms with Gasteiger partial charge in [-0.15, -0.1) is 0 Å². The maximum Gasteiger partial charge on any atom is 1.00 e. The molecule has 0 nitrogen and oxygen atoms in total. The van der Waals surface area contributed by atoms with E-state index in [0.717, 1.165) is 0 Å². The molecule has 0 amide bonds. The van der Waals surface area contributed by atoms with Crippen LogP contribution in [0.3, 0.4) is 0 Å². The molecule has 0 aliphatic carbocycles. The molecule has 0 aromatic rings. The van der Waals surface area contributed by atoms with Gasteiger partial charge < -0.3 is 51.8 Å². The van der Waals surface area contributed by atoms with E-state index in [-0.39, 0.29) is 144 Å². The van der Waals surface area contributed by atoms with Crippen LogP contribution in [0.2, 0.25) is 0 Å². The van der Waals surface area contributed by atoms with E-state index in [2.05, 4.69) is 0 Å². The minimum absolute atomic E-state index is 0. The average Bonchev–Trinajstić information content (AvgIpc) is 1.41. The molecule has 0 saturated heterocycles. The molecule has 0 atom stereocenters. The van der Waals surface area contributed by atoms with Gasteiger partial charge in [0, 0.05) is 0 Å². The monoisotopic (exact) mass is 560 g/mol. The molecule has 0 saturated carbocycles.